The average Bonchev–Trinajstić information content (AvgIpc) is 2.45. The van der Waals surface area contributed by atoms with Gasteiger partial charge in [-0.2, -0.15) is 0 Å². The number of fused-ring (bicyclic) bond motifs is 1. The topological polar surface area (TPSA) is 43.1 Å². The van der Waals surface area contributed by atoms with Crippen LogP contribution in [0.2, 0.25) is 0 Å². The minimum absolute atomic E-state index is 0.887. The van der Waals surface area contributed by atoms with E-state index in [1.807, 2.05) is 18.2 Å². The van der Waals surface area contributed by atoms with E-state index >= 15 is 0 Å². The molecule has 11 heavy (non-hydrogen) atoms. The number of hydrogen-bond donors (Lipinski definition) is 0. The van der Waals surface area contributed by atoms with Crippen LogP contribution in [0.15, 0.2) is 12.5 Å². The monoisotopic (exact) mass is 148 g/mol. The van der Waals surface area contributed by atoms with Gasteiger partial charge in [-0.05, 0) is 13.8 Å². The standard InChI is InChI=1S/C7H8N4/c1-5-3-8-6(2)11-4-9-10-7(5)11/h3-4H,1-2H3. The molecule has 0 saturated heterocycles. The largest absolute Gasteiger partial charge is 0.269 e. The molecule has 0 N–H and O–H groups in total. The van der Waals surface area contributed by atoms with Crippen molar-refractivity contribution in [2.45, 2.75) is 13.8 Å². The molecular weight excluding hydrogens is 140 g/mol. The average molecular weight is 148 g/mol. The maximum absolute atomic E-state index is 4.16. The maximum atomic E-state index is 4.16. The van der Waals surface area contributed by atoms with Crippen LogP contribution in [-0.4, -0.2) is 19.6 Å². The van der Waals surface area contributed by atoms with Crippen molar-refractivity contribution in [3.63, 3.8) is 0 Å². The van der Waals surface area contributed by atoms with Gasteiger partial charge in [0.15, 0.2) is 5.65 Å². The van der Waals surface area contributed by atoms with Crippen LogP contribution in [-0.2, 0) is 0 Å². The van der Waals surface area contributed by atoms with Gasteiger partial charge in [0, 0.05) is 11.8 Å². The highest BCUT2D eigenvalue weighted by Crippen LogP contribution is 2.05. The Bertz CT molecular complexity index is 354. The van der Waals surface area contributed by atoms with Crippen LogP contribution in [0.3, 0.4) is 0 Å². The van der Waals surface area contributed by atoms with E-state index in [0.29, 0.717) is 0 Å². The van der Waals surface area contributed by atoms with Gasteiger partial charge in [0.25, 0.3) is 0 Å². The number of hydrogen-bond acceptors (Lipinski definition) is 3. The number of aromatic nitrogens is 4. The van der Waals surface area contributed by atoms with E-state index in [4.69, 9.17) is 0 Å². The molecule has 2 heterocycles. The highest BCUT2D eigenvalue weighted by molar-refractivity contribution is 5.44. The second kappa shape index (κ2) is 2.02. The van der Waals surface area contributed by atoms with Gasteiger partial charge in [0.2, 0.25) is 0 Å². The van der Waals surface area contributed by atoms with Crippen molar-refractivity contribution in [1.82, 2.24) is 19.6 Å². The fraction of sp³-hybridized carbons (Fsp3) is 0.286. The van der Waals surface area contributed by atoms with Crippen LogP contribution in [0.5, 0.6) is 0 Å². The fourth-order valence-corrected chi connectivity index (χ4v) is 1.05. The zero-order valence-electron chi connectivity index (χ0n) is 6.44. The first kappa shape index (κ1) is 6.27. The first-order valence-electron chi connectivity index (χ1n) is 3.41. The van der Waals surface area contributed by atoms with Gasteiger partial charge in [-0.25, -0.2) is 4.98 Å². The highest BCUT2D eigenvalue weighted by atomic mass is 15.2. The minimum Gasteiger partial charge on any atom is -0.269 e. The van der Waals surface area contributed by atoms with E-state index in [9.17, 15) is 0 Å². The lowest BCUT2D eigenvalue weighted by molar-refractivity contribution is 0.970. The lowest BCUT2D eigenvalue weighted by Gasteiger charge is -1.97. The van der Waals surface area contributed by atoms with Gasteiger partial charge in [0.1, 0.15) is 12.2 Å². The van der Waals surface area contributed by atoms with Gasteiger partial charge in [-0.1, -0.05) is 0 Å². The Balaban J connectivity index is 2.96. The third kappa shape index (κ3) is 0.790. The molecule has 0 aliphatic rings. The Morgan fingerprint density at radius 1 is 1.36 bits per heavy atom. The van der Waals surface area contributed by atoms with Crippen molar-refractivity contribution >= 4 is 5.65 Å². The Hall–Kier alpha value is -1.45. The molecule has 0 atom stereocenters. The SMILES string of the molecule is Cc1cnc(C)n2cnnc12. The van der Waals surface area contributed by atoms with Gasteiger partial charge in [0.05, 0.1) is 0 Å². The summed E-state index contributed by atoms with van der Waals surface area (Å²) >= 11 is 0. The zero-order chi connectivity index (χ0) is 7.84. The van der Waals surface area contributed by atoms with Crippen LogP contribution in [0.1, 0.15) is 11.4 Å². The molecule has 0 fully saturated rings. The second-order valence-corrected chi connectivity index (χ2v) is 2.51. The molecule has 0 saturated carbocycles. The summed E-state index contributed by atoms with van der Waals surface area (Å²) in [6.45, 7) is 3.90. The predicted octanol–water partition coefficient (Wildman–Crippen LogP) is 0.741. The third-order valence-electron chi connectivity index (χ3n) is 1.69. The highest BCUT2D eigenvalue weighted by Gasteiger charge is 2.00. The van der Waals surface area contributed by atoms with Crippen LogP contribution in [0.4, 0.5) is 0 Å². The molecule has 56 valence electrons. The van der Waals surface area contributed by atoms with Crippen molar-refractivity contribution in [3.8, 4) is 0 Å². The molecule has 0 radical (unpaired) electrons. The molecule has 0 unspecified atom stereocenters. The van der Waals surface area contributed by atoms with E-state index < -0.39 is 0 Å². The zero-order valence-corrected chi connectivity index (χ0v) is 6.44. The fourth-order valence-electron chi connectivity index (χ4n) is 1.05. The Kier molecular flexibility index (Phi) is 1.15. The molecule has 0 bridgehead atoms. The summed E-state index contributed by atoms with van der Waals surface area (Å²) in [5.74, 6) is 0.913. The Morgan fingerprint density at radius 2 is 2.18 bits per heavy atom. The van der Waals surface area contributed by atoms with E-state index in [1.165, 1.54) is 0 Å². The molecular formula is C7H8N4. The quantitative estimate of drug-likeness (QED) is 0.553. The van der Waals surface area contributed by atoms with E-state index in [1.54, 1.807) is 12.5 Å². The van der Waals surface area contributed by atoms with Crippen molar-refractivity contribution in [2.75, 3.05) is 0 Å². The molecule has 4 heteroatoms. The van der Waals surface area contributed by atoms with Crippen LogP contribution in [0.25, 0.3) is 5.65 Å². The lowest BCUT2D eigenvalue weighted by Crippen LogP contribution is -1.95. The minimum atomic E-state index is 0.887. The van der Waals surface area contributed by atoms with Gasteiger partial charge >= 0.3 is 0 Å². The van der Waals surface area contributed by atoms with Crippen LogP contribution < -0.4 is 0 Å². The van der Waals surface area contributed by atoms with Crippen molar-refractivity contribution in [2.24, 2.45) is 0 Å². The molecule has 4 nitrogen and oxygen atoms in total. The molecule has 0 spiro atoms. The summed E-state index contributed by atoms with van der Waals surface area (Å²) in [7, 11) is 0. The summed E-state index contributed by atoms with van der Waals surface area (Å²) in [4.78, 5) is 4.16. The number of rotatable bonds is 0. The summed E-state index contributed by atoms with van der Waals surface area (Å²) < 4.78 is 1.87. The molecule has 0 aromatic carbocycles. The number of nitrogens with zero attached hydrogens (tertiary/aromatic N) is 4. The van der Waals surface area contributed by atoms with Crippen LogP contribution in [0, 0.1) is 13.8 Å². The second-order valence-electron chi connectivity index (χ2n) is 2.51. The van der Waals surface area contributed by atoms with Crippen LogP contribution >= 0.6 is 0 Å². The van der Waals surface area contributed by atoms with E-state index in [-0.39, 0.29) is 0 Å². The van der Waals surface area contributed by atoms with E-state index in [0.717, 1.165) is 17.0 Å². The van der Waals surface area contributed by atoms with Crippen molar-refractivity contribution in [3.05, 3.63) is 23.9 Å². The van der Waals surface area contributed by atoms with Gasteiger partial charge in [-0.3, -0.25) is 4.40 Å². The lowest BCUT2D eigenvalue weighted by atomic mass is 10.4. The first-order chi connectivity index (χ1) is 5.29. The van der Waals surface area contributed by atoms with E-state index in [2.05, 4.69) is 15.2 Å². The number of aryl methyl sites for hydroxylation is 2. The summed E-state index contributed by atoms with van der Waals surface area (Å²) in [6.07, 6.45) is 3.48. The first-order valence-corrected chi connectivity index (χ1v) is 3.41. The third-order valence-corrected chi connectivity index (χ3v) is 1.69. The smallest absolute Gasteiger partial charge is 0.166 e. The summed E-state index contributed by atoms with van der Waals surface area (Å²) in [5.41, 5.74) is 1.94. The Morgan fingerprint density at radius 3 is 2.91 bits per heavy atom. The molecule has 2 rings (SSSR count). The Labute approximate surface area is 63.9 Å². The molecule has 2 aromatic heterocycles. The molecule has 0 aliphatic carbocycles. The summed E-state index contributed by atoms with van der Waals surface area (Å²) in [5, 5.41) is 7.75. The van der Waals surface area contributed by atoms with Crippen molar-refractivity contribution in [1.29, 1.82) is 0 Å². The maximum Gasteiger partial charge on any atom is 0.166 e. The molecule has 0 amide bonds. The van der Waals surface area contributed by atoms with Crippen molar-refractivity contribution < 1.29 is 0 Å². The van der Waals surface area contributed by atoms with Gasteiger partial charge < -0.3 is 0 Å². The normalized spacial score (nSPS) is 10.7. The molecule has 2 aromatic rings. The predicted molar refractivity (Wildman–Crippen MR) is 40.3 cm³/mol. The summed E-state index contributed by atoms with van der Waals surface area (Å²) in [6, 6.07) is 0. The van der Waals surface area contributed by atoms with Gasteiger partial charge in [-0.15, -0.1) is 10.2 Å². The molecule has 0 aliphatic heterocycles.